The first-order valence-electron chi connectivity index (χ1n) is 5.29. The summed E-state index contributed by atoms with van der Waals surface area (Å²) in [6.45, 7) is 0.0731. The highest BCUT2D eigenvalue weighted by Gasteiger charge is 2.20. The summed E-state index contributed by atoms with van der Waals surface area (Å²) in [7, 11) is -3.96. The predicted octanol–water partition coefficient (Wildman–Crippen LogP) is 2.99. The average molecular weight is 339 g/mol. The van der Waals surface area contributed by atoms with Crippen LogP contribution >= 0.6 is 23.2 Å². The maximum atomic E-state index is 13.2. The average Bonchev–Trinajstić information content (AvgIpc) is 2.85. The molecular weight excluding hydrogens is 330 g/mol. The lowest BCUT2D eigenvalue weighted by Crippen LogP contribution is -2.12. The Kier molecular flexibility index (Phi) is 4.24. The Morgan fingerprint density at radius 1 is 1.25 bits per heavy atom. The highest BCUT2D eigenvalue weighted by atomic mass is 35.5. The minimum atomic E-state index is -3.96. The number of rotatable bonds is 4. The van der Waals surface area contributed by atoms with Crippen molar-refractivity contribution in [1.29, 1.82) is 0 Å². The van der Waals surface area contributed by atoms with E-state index in [4.69, 9.17) is 33.4 Å². The lowest BCUT2D eigenvalue weighted by Gasteiger charge is -2.07. The molecule has 0 aliphatic heterocycles. The van der Waals surface area contributed by atoms with Gasteiger partial charge in [-0.25, -0.2) is 4.39 Å². The molecule has 9 heteroatoms. The first kappa shape index (κ1) is 15.1. The molecule has 0 unspecified atom stereocenters. The largest absolute Gasteiger partial charge is 0.446 e. The standard InChI is InChI=1S/C11H9Cl2FN2O3S/c12-8-3-6(4-9(13)11(8)14)16-20(17,18)10-2-1-7(5-15)19-10/h1-4,16H,5,15H2. The van der Waals surface area contributed by atoms with Gasteiger partial charge in [-0.15, -0.1) is 0 Å². The van der Waals surface area contributed by atoms with Gasteiger partial charge in [0.05, 0.1) is 22.3 Å². The number of hydrogen-bond donors (Lipinski definition) is 2. The second-order valence-electron chi connectivity index (χ2n) is 3.78. The molecule has 0 saturated carbocycles. The third kappa shape index (κ3) is 3.06. The first-order valence-corrected chi connectivity index (χ1v) is 7.53. The van der Waals surface area contributed by atoms with Gasteiger partial charge in [0.1, 0.15) is 5.76 Å². The van der Waals surface area contributed by atoms with Crippen LogP contribution in [0.25, 0.3) is 0 Å². The van der Waals surface area contributed by atoms with Gasteiger partial charge in [-0.2, -0.15) is 8.42 Å². The van der Waals surface area contributed by atoms with Crippen molar-refractivity contribution in [1.82, 2.24) is 0 Å². The maximum Gasteiger partial charge on any atom is 0.295 e. The number of sulfonamides is 1. The highest BCUT2D eigenvalue weighted by molar-refractivity contribution is 7.92. The summed E-state index contributed by atoms with van der Waals surface area (Å²) in [5.41, 5.74) is 5.35. The first-order chi connectivity index (χ1) is 9.33. The molecule has 3 N–H and O–H groups in total. The molecule has 0 spiro atoms. The number of nitrogens with two attached hydrogens (primary N) is 1. The van der Waals surface area contributed by atoms with E-state index in [0.29, 0.717) is 5.76 Å². The number of benzene rings is 1. The fraction of sp³-hybridized carbons (Fsp3) is 0.0909. The summed E-state index contributed by atoms with van der Waals surface area (Å²) in [6, 6.07) is 4.91. The summed E-state index contributed by atoms with van der Waals surface area (Å²) >= 11 is 11.2. The van der Waals surface area contributed by atoms with Gasteiger partial charge in [-0.3, -0.25) is 4.72 Å². The number of hydrogen-bond acceptors (Lipinski definition) is 4. The number of halogens is 3. The summed E-state index contributed by atoms with van der Waals surface area (Å²) in [6.07, 6.45) is 0. The molecular formula is C11H9Cl2FN2O3S. The van der Waals surface area contributed by atoms with Crippen LogP contribution in [0.1, 0.15) is 5.76 Å². The van der Waals surface area contributed by atoms with Gasteiger partial charge < -0.3 is 10.2 Å². The Balaban J connectivity index is 2.33. The van der Waals surface area contributed by atoms with Crippen molar-refractivity contribution in [2.24, 2.45) is 5.73 Å². The van der Waals surface area contributed by atoms with E-state index in [2.05, 4.69) is 4.72 Å². The second-order valence-corrected chi connectivity index (χ2v) is 6.21. The Hall–Kier alpha value is -1.28. The molecule has 1 heterocycles. The SMILES string of the molecule is NCc1ccc(S(=O)(=O)Nc2cc(Cl)c(F)c(Cl)c2)o1. The van der Waals surface area contributed by atoms with Crippen LogP contribution in [0.2, 0.25) is 10.0 Å². The number of nitrogens with one attached hydrogen (secondary N) is 1. The van der Waals surface area contributed by atoms with E-state index < -0.39 is 15.8 Å². The van der Waals surface area contributed by atoms with E-state index in [-0.39, 0.29) is 27.4 Å². The van der Waals surface area contributed by atoms with E-state index in [9.17, 15) is 12.8 Å². The summed E-state index contributed by atoms with van der Waals surface area (Å²) in [5, 5.41) is -0.899. The monoisotopic (exact) mass is 338 g/mol. The topological polar surface area (TPSA) is 85.3 Å². The molecule has 0 fully saturated rings. The van der Waals surface area contributed by atoms with Crippen molar-refractivity contribution in [3.8, 4) is 0 Å². The fourth-order valence-electron chi connectivity index (χ4n) is 1.43. The van der Waals surface area contributed by atoms with E-state index in [0.717, 1.165) is 12.1 Å². The minimum absolute atomic E-state index is 0.0205. The van der Waals surface area contributed by atoms with Crippen LogP contribution in [0, 0.1) is 5.82 Å². The van der Waals surface area contributed by atoms with Gasteiger partial charge in [0.15, 0.2) is 5.82 Å². The van der Waals surface area contributed by atoms with E-state index in [1.165, 1.54) is 12.1 Å². The van der Waals surface area contributed by atoms with Crippen LogP contribution in [0.5, 0.6) is 0 Å². The number of furan rings is 1. The van der Waals surface area contributed by atoms with Crippen molar-refractivity contribution in [2.45, 2.75) is 11.6 Å². The lowest BCUT2D eigenvalue weighted by molar-refractivity contribution is 0.417. The van der Waals surface area contributed by atoms with Gasteiger partial charge in [0, 0.05) is 0 Å². The minimum Gasteiger partial charge on any atom is -0.446 e. The molecule has 1 aromatic heterocycles. The van der Waals surface area contributed by atoms with Crippen LogP contribution < -0.4 is 10.5 Å². The normalized spacial score (nSPS) is 11.6. The van der Waals surface area contributed by atoms with Crippen LogP contribution in [0.4, 0.5) is 10.1 Å². The molecule has 0 amide bonds. The molecule has 0 aliphatic carbocycles. The Morgan fingerprint density at radius 3 is 2.35 bits per heavy atom. The second kappa shape index (κ2) is 5.61. The van der Waals surface area contributed by atoms with E-state index >= 15 is 0 Å². The van der Waals surface area contributed by atoms with Crippen LogP contribution in [-0.4, -0.2) is 8.42 Å². The summed E-state index contributed by atoms with van der Waals surface area (Å²) in [5.74, 6) is -0.500. The van der Waals surface area contributed by atoms with Gasteiger partial charge in [0.2, 0.25) is 5.09 Å². The molecule has 0 aliphatic rings. The third-order valence-corrected chi connectivity index (χ3v) is 4.14. The molecule has 2 rings (SSSR count). The summed E-state index contributed by atoms with van der Waals surface area (Å²) < 4.78 is 44.5. The zero-order valence-electron chi connectivity index (χ0n) is 9.86. The van der Waals surface area contributed by atoms with Crippen molar-refractivity contribution in [3.63, 3.8) is 0 Å². The Morgan fingerprint density at radius 2 is 1.85 bits per heavy atom. The fourth-order valence-corrected chi connectivity index (χ4v) is 2.91. The molecule has 2 aromatic rings. The van der Waals surface area contributed by atoms with Gasteiger partial charge in [-0.05, 0) is 24.3 Å². The van der Waals surface area contributed by atoms with Crippen LogP contribution in [-0.2, 0) is 16.6 Å². The van der Waals surface area contributed by atoms with Crippen LogP contribution in [0.3, 0.4) is 0 Å². The summed E-state index contributed by atoms with van der Waals surface area (Å²) in [4.78, 5) is 0. The zero-order chi connectivity index (χ0) is 14.9. The third-order valence-electron chi connectivity index (χ3n) is 2.34. The molecule has 20 heavy (non-hydrogen) atoms. The van der Waals surface area contributed by atoms with Gasteiger partial charge in [0.25, 0.3) is 10.0 Å². The Labute approximate surface area is 124 Å². The molecule has 0 bridgehead atoms. The number of anilines is 1. The van der Waals surface area contributed by atoms with Crippen molar-refractivity contribution in [3.05, 3.63) is 45.9 Å². The smallest absolute Gasteiger partial charge is 0.295 e. The van der Waals surface area contributed by atoms with Crippen LogP contribution in [0.15, 0.2) is 33.8 Å². The molecule has 5 nitrogen and oxygen atoms in total. The van der Waals surface area contributed by atoms with Gasteiger partial charge >= 0.3 is 0 Å². The van der Waals surface area contributed by atoms with Crippen molar-refractivity contribution in [2.75, 3.05) is 4.72 Å². The molecule has 0 saturated heterocycles. The molecule has 108 valence electrons. The molecule has 0 atom stereocenters. The van der Waals surface area contributed by atoms with E-state index in [1.54, 1.807) is 0 Å². The van der Waals surface area contributed by atoms with Gasteiger partial charge in [-0.1, -0.05) is 23.2 Å². The van der Waals surface area contributed by atoms with Crippen molar-refractivity contribution < 1.29 is 17.2 Å². The molecule has 0 radical (unpaired) electrons. The predicted molar refractivity (Wildman–Crippen MR) is 73.8 cm³/mol. The Bertz CT molecular complexity index is 723. The lowest BCUT2D eigenvalue weighted by atomic mass is 10.3. The maximum absolute atomic E-state index is 13.2. The zero-order valence-corrected chi connectivity index (χ0v) is 12.2. The quantitative estimate of drug-likeness (QED) is 0.839. The molecule has 1 aromatic carbocycles. The van der Waals surface area contributed by atoms with Crippen molar-refractivity contribution >= 4 is 38.9 Å². The van der Waals surface area contributed by atoms with E-state index in [1.807, 2.05) is 0 Å². The highest BCUT2D eigenvalue weighted by Crippen LogP contribution is 2.28.